The molecule has 0 bridgehead atoms. The number of rotatable bonds is 3. The van der Waals surface area contributed by atoms with E-state index in [-0.39, 0.29) is 5.76 Å². The molecule has 92 valence electrons. The lowest BCUT2D eigenvalue weighted by atomic mass is 10.1. The van der Waals surface area contributed by atoms with E-state index in [1.54, 1.807) is 12.1 Å². The monoisotopic (exact) mass is 251 g/mol. The Bertz CT molecular complexity index is 726. The topological polar surface area (TPSA) is 60.2 Å². The third kappa shape index (κ3) is 2.04. The van der Waals surface area contributed by atoms with Crippen molar-refractivity contribution in [1.29, 1.82) is 0 Å². The molecule has 19 heavy (non-hydrogen) atoms. The van der Waals surface area contributed by atoms with Crippen LogP contribution in [0.5, 0.6) is 0 Å². The standard InChI is InChI=1S/C15H9NO3/c17-14(10-5-7-16-8-6-10)15(18)13-9-11-3-1-2-4-12(11)19-13/h1-9H. The van der Waals surface area contributed by atoms with Gasteiger partial charge in [0.05, 0.1) is 0 Å². The Kier molecular flexibility index (Phi) is 2.68. The minimum atomic E-state index is -0.651. The number of carbonyl (C=O) groups is 2. The van der Waals surface area contributed by atoms with E-state index in [1.165, 1.54) is 24.5 Å². The highest BCUT2D eigenvalue weighted by atomic mass is 16.3. The number of hydrogen-bond donors (Lipinski definition) is 0. The summed E-state index contributed by atoms with van der Waals surface area (Å²) >= 11 is 0. The van der Waals surface area contributed by atoms with Crippen molar-refractivity contribution in [2.24, 2.45) is 0 Å². The molecule has 3 aromatic rings. The highest BCUT2D eigenvalue weighted by molar-refractivity contribution is 6.48. The molecule has 0 saturated carbocycles. The van der Waals surface area contributed by atoms with Crippen molar-refractivity contribution in [3.8, 4) is 0 Å². The largest absolute Gasteiger partial charge is 0.452 e. The van der Waals surface area contributed by atoms with Gasteiger partial charge in [0.2, 0.25) is 5.78 Å². The smallest absolute Gasteiger partial charge is 0.268 e. The van der Waals surface area contributed by atoms with Gasteiger partial charge in [0.1, 0.15) is 5.58 Å². The number of benzene rings is 1. The maximum Gasteiger partial charge on any atom is 0.268 e. The summed E-state index contributed by atoms with van der Waals surface area (Å²) in [7, 11) is 0. The van der Waals surface area contributed by atoms with Gasteiger partial charge in [0, 0.05) is 23.3 Å². The summed E-state index contributed by atoms with van der Waals surface area (Å²) in [6.45, 7) is 0. The summed E-state index contributed by atoms with van der Waals surface area (Å²) in [4.78, 5) is 27.8. The number of fused-ring (bicyclic) bond motifs is 1. The Morgan fingerprint density at radius 2 is 1.68 bits per heavy atom. The van der Waals surface area contributed by atoms with Crippen molar-refractivity contribution in [2.75, 3.05) is 0 Å². The molecule has 4 nitrogen and oxygen atoms in total. The molecule has 0 aliphatic heterocycles. The first-order valence-corrected chi connectivity index (χ1v) is 5.73. The number of Topliss-reactive ketones (excluding diaryl/α,β-unsaturated/α-hetero) is 2. The molecular weight excluding hydrogens is 242 g/mol. The fourth-order valence-electron chi connectivity index (χ4n) is 1.84. The predicted octanol–water partition coefficient (Wildman–Crippen LogP) is 2.89. The number of furan rings is 1. The highest BCUT2D eigenvalue weighted by Crippen LogP contribution is 2.20. The molecule has 0 saturated heterocycles. The zero-order chi connectivity index (χ0) is 13.2. The fraction of sp³-hybridized carbons (Fsp3) is 0. The first-order chi connectivity index (χ1) is 9.25. The average molecular weight is 251 g/mol. The molecule has 3 rings (SSSR count). The van der Waals surface area contributed by atoms with Crippen LogP contribution in [0.3, 0.4) is 0 Å². The number of aromatic nitrogens is 1. The molecule has 0 radical (unpaired) electrons. The van der Waals surface area contributed by atoms with Gasteiger partial charge in [-0.2, -0.15) is 0 Å². The maximum absolute atomic E-state index is 12.1. The lowest BCUT2D eigenvalue weighted by Crippen LogP contribution is -2.13. The van der Waals surface area contributed by atoms with Crippen LogP contribution in [0.1, 0.15) is 20.9 Å². The first kappa shape index (κ1) is 11.3. The number of nitrogens with zero attached hydrogens (tertiary/aromatic N) is 1. The van der Waals surface area contributed by atoms with E-state index in [0.717, 1.165) is 5.39 Å². The quantitative estimate of drug-likeness (QED) is 0.530. The summed E-state index contributed by atoms with van der Waals surface area (Å²) in [6.07, 6.45) is 2.94. The van der Waals surface area contributed by atoms with Crippen molar-refractivity contribution in [1.82, 2.24) is 4.98 Å². The van der Waals surface area contributed by atoms with E-state index in [9.17, 15) is 9.59 Å². The Labute approximate surface area is 108 Å². The number of ketones is 2. The second kappa shape index (κ2) is 4.49. The van der Waals surface area contributed by atoms with Crippen LogP contribution in [0, 0.1) is 0 Å². The van der Waals surface area contributed by atoms with Gasteiger partial charge < -0.3 is 4.42 Å². The third-order valence-electron chi connectivity index (χ3n) is 2.80. The van der Waals surface area contributed by atoms with E-state index >= 15 is 0 Å². The lowest BCUT2D eigenvalue weighted by Gasteiger charge is -1.96. The van der Waals surface area contributed by atoms with Crippen molar-refractivity contribution >= 4 is 22.5 Å². The predicted molar refractivity (Wildman–Crippen MR) is 69.1 cm³/mol. The van der Waals surface area contributed by atoms with Crippen LogP contribution in [0.4, 0.5) is 0 Å². The summed E-state index contributed by atoms with van der Waals surface area (Å²) < 4.78 is 5.39. The molecule has 4 heteroatoms. The summed E-state index contributed by atoms with van der Waals surface area (Å²) in [5.74, 6) is -1.19. The van der Waals surface area contributed by atoms with Crippen molar-refractivity contribution in [2.45, 2.75) is 0 Å². The summed E-state index contributed by atoms with van der Waals surface area (Å²) in [6, 6.07) is 11.8. The maximum atomic E-state index is 12.1. The van der Waals surface area contributed by atoms with Crippen molar-refractivity contribution in [3.05, 3.63) is 66.2 Å². The molecular formula is C15H9NO3. The Morgan fingerprint density at radius 3 is 2.42 bits per heavy atom. The number of para-hydroxylation sites is 1. The van der Waals surface area contributed by atoms with Crippen LogP contribution in [0.25, 0.3) is 11.0 Å². The normalized spacial score (nSPS) is 10.5. The number of pyridine rings is 1. The molecule has 1 aromatic carbocycles. The van der Waals surface area contributed by atoms with Gasteiger partial charge in [0.15, 0.2) is 5.76 Å². The van der Waals surface area contributed by atoms with Crippen LogP contribution >= 0.6 is 0 Å². The van der Waals surface area contributed by atoms with E-state index in [1.807, 2.05) is 18.2 Å². The Morgan fingerprint density at radius 1 is 0.947 bits per heavy atom. The zero-order valence-corrected chi connectivity index (χ0v) is 9.87. The zero-order valence-electron chi connectivity index (χ0n) is 9.87. The molecule has 2 aromatic heterocycles. The molecule has 0 spiro atoms. The van der Waals surface area contributed by atoms with Gasteiger partial charge in [-0.05, 0) is 24.3 Å². The molecule has 0 fully saturated rings. The summed E-state index contributed by atoms with van der Waals surface area (Å²) in [5, 5.41) is 0.799. The molecule has 0 aliphatic carbocycles. The molecule has 0 amide bonds. The van der Waals surface area contributed by atoms with E-state index in [4.69, 9.17) is 4.42 Å². The number of hydrogen-bond acceptors (Lipinski definition) is 4. The second-order valence-electron chi connectivity index (χ2n) is 4.04. The van der Waals surface area contributed by atoms with E-state index in [2.05, 4.69) is 4.98 Å². The average Bonchev–Trinajstić information content (AvgIpc) is 2.90. The minimum Gasteiger partial charge on any atom is -0.452 e. The Hall–Kier alpha value is -2.75. The molecule has 0 unspecified atom stereocenters. The van der Waals surface area contributed by atoms with Gasteiger partial charge in [-0.25, -0.2) is 0 Å². The van der Waals surface area contributed by atoms with Crippen LogP contribution < -0.4 is 0 Å². The third-order valence-corrected chi connectivity index (χ3v) is 2.80. The van der Waals surface area contributed by atoms with Gasteiger partial charge in [-0.1, -0.05) is 18.2 Å². The van der Waals surface area contributed by atoms with Gasteiger partial charge in [-0.15, -0.1) is 0 Å². The van der Waals surface area contributed by atoms with E-state index in [0.29, 0.717) is 11.1 Å². The van der Waals surface area contributed by atoms with Crippen LogP contribution in [-0.2, 0) is 0 Å². The minimum absolute atomic E-state index is 0.0583. The lowest BCUT2D eigenvalue weighted by molar-refractivity contribution is 0.0802. The van der Waals surface area contributed by atoms with Crippen LogP contribution in [-0.4, -0.2) is 16.6 Å². The SMILES string of the molecule is O=C(C(=O)c1cc2ccccc2o1)c1ccncc1. The van der Waals surface area contributed by atoms with Crippen LogP contribution in [0.2, 0.25) is 0 Å². The van der Waals surface area contributed by atoms with Crippen molar-refractivity contribution < 1.29 is 14.0 Å². The van der Waals surface area contributed by atoms with E-state index < -0.39 is 11.6 Å². The molecule has 0 atom stereocenters. The molecule has 2 heterocycles. The van der Waals surface area contributed by atoms with Gasteiger partial charge >= 0.3 is 0 Å². The fourth-order valence-corrected chi connectivity index (χ4v) is 1.84. The van der Waals surface area contributed by atoms with Crippen LogP contribution in [0.15, 0.2) is 59.3 Å². The highest BCUT2D eigenvalue weighted by Gasteiger charge is 2.21. The first-order valence-electron chi connectivity index (χ1n) is 5.73. The second-order valence-corrected chi connectivity index (χ2v) is 4.04. The number of carbonyl (C=O) groups excluding carboxylic acids is 2. The van der Waals surface area contributed by atoms with Crippen molar-refractivity contribution in [3.63, 3.8) is 0 Å². The summed E-state index contributed by atoms with van der Waals surface area (Å²) in [5.41, 5.74) is 0.897. The Balaban J connectivity index is 1.98. The van der Waals surface area contributed by atoms with Gasteiger partial charge in [-0.3, -0.25) is 14.6 Å². The van der Waals surface area contributed by atoms with Gasteiger partial charge in [0.25, 0.3) is 5.78 Å². The molecule has 0 N–H and O–H groups in total. The molecule has 0 aliphatic rings.